The van der Waals surface area contributed by atoms with Crippen molar-refractivity contribution in [3.8, 4) is 0 Å². The highest BCUT2D eigenvalue weighted by Crippen LogP contribution is 2.11. The van der Waals surface area contributed by atoms with Crippen LogP contribution < -0.4 is 0 Å². The Morgan fingerprint density at radius 2 is 2.00 bits per heavy atom. The van der Waals surface area contributed by atoms with Crippen molar-refractivity contribution >= 4 is 5.91 Å². The number of rotatable bonds is 7. The number of nitrogens with zero attached hydrogens (tertiary/aromatic N) is 3. The molecule has 1 atom stereocenters. The zero-order valence-electron chi connectivity index (χ0n) is 11.7. The van der Waals surface area contributed by atoms with Crippen molar-refractivity contribution in [3.05, 3.63) is 10.1 Å². The van der Waals surface area contributed by atoms with Gasteiger partial charge in [-0.1, -0.05) is 20.3 Å². The van der Waals surface area contributed by atoms with Crippen LogP contribution in [0.25, 0.3) is 0 Å². The summed E-state index contributed by atoms with van der Waals surface area (Å²) >= 11 is 0. The van der Waals surface area contributed by atoms with Gasteiger partial charge in [-0.15, -0.1) is 10.1 Å². The first-order valence-electron chi connectivity index (χ1n) is 6.80. The topological polar surface area (TPSA) is 75.9 Å². The highest BCUT2D eigenvalue weighted by atomic mass is 16.9. The van der Waals surface area contributed by atoms with Gasteiger partial charge < -0.3 is 9.74 Å². The molecule has 0 aliphatic carbocycles. The molecule has 0 radical (unpaired) electrons. The van der Waals surface area contributed by atoms with Gasteiger partial charge in [-0.2, -0.15) is 0 Å². The van der Waals surface area contributed by atoms with E-state index in [1.54, 1.807) is 0 Å². The maximum absolute atomic E-state index is 12.0. The molecular formula is C12H23N3O4. The fraction of sp³-hybridized carbons (Fsp3) is 0.917. The van der Waals surface area contributed by atoms with E-state index < -0.39 is 5.09 Å². The van der Waals surface area contributed by atoms with Gasteiger partial charge in [-0.3, -0.25) is 9.69 Å². The van der Waals surface area contributed by atoms with Crippen LogP contribution in [-0.2, 0) is 9.63 Å². The van der Waals surface area contributed by atoms with Gasteiger partial charge in [0.05, 0.1) is 0 Å². The Balaban J connectivity index is 2.21. The second kappa shape index (κ2) is 7.93. The summed E-state index contributed by atoms with van der Waals surface area (Å²) < 4.78 is 0. The van der Waals surface area contributed by atoms with Crippen molar-refractivity contribution in [2.45, 2.75) is 26.7 Å². The molecule has 1 unspecified atom stereocenters. The molecule has 0 aromatic heterocycles. The van der Waals surface area contributed by atoms with Crippen molar-refractivity contribution < 1.29 is 14.7 Å². The summed E-state index contributed by atoms with van der Waals surface area (Å²) in [4.78, 5) is 30.2. The Labute approximate surface area is 113 Å². The number of piperazine rings is 1. The summed E-state index contributed by atoms with van der Waals surface area (Å²) in [5.74, 6) is 0.648. The SMILES string of the molecule is CCC(C)CC(=O)N1CCN(CCO[N+](=O)[O-])CC1. The fourth-order valence-electron chi connectivity index (χ4n) is 2.04. The van der Waals surface area contributed by atoms with Crippen LogP contribution in [0.4, 0.5) is 0 Å². The van der Waals surface area contributed by atoms with Crippen LogP contribution in [-0.4, -0.2) is 60.1 Å². The quantitative estimate of drug-likeness (QED) is 0.506. The van der Waals surface area contributed by atoms with E-state index >= 15 is 0 Å². The van der Waals surface area contributed by atoms with Gasteiger partial charge in [0, 0.05) is 39.1 Å². The van der Waals surface area contributed by atoms with Crippen molar-refractivity contribution in [2.75, 3.05) is 39.3 Å². The Bertz CT molecular complexity index is 303. The average Bonchev–Trinajstić information content (AvgIpc) is 2.38. The number of carbonyl (C=O) groups excluding carboxylic acids is 1. The summed E-state index contributed by atoms with van der Waals surface area (Å²) in [6.45, 7) is 7.72. The lowest BCUT2D eigenvalue weighted by molar-refractivity contribution is -0.757. The molecule has 1 fully saturated rings. The van der Waals surface area contributed by atoms with E-state index in [1.165, 1.54) is 0 Å². The monoisotopic (exact) mass is 273 g/mol. The first-order chi connectivity index (χ1) is 9.02. The molecule has 19 heavy (non-hydrogen) atoms. The van der Waals surface area contributed by atoms with Crippen molar-refractivity contribution in [3.63, 3.8) is 0 Å². The van der Waals surface area contributed by atoms with Crippen LogP contribution in [0.1, 0.15) is 26.7 Å². The van der Waals surface area contributed by atoms with Crippen LogP contribution in [0.3, 0.4) is 0 Å². The third kappa shape index (κ3) is 5.87. The molecule has 0 N–H and O–H groups in total. The molecule has 0 bridgehead atoms. The molecule has 0 spiro atoms. The number of hydrogen-bond acceptors (Lipinski definition) is 5. The van der Waals surface area contributed by atoms with Crippen molar-refractivity contribution in [2.24, 2.45) is 5.92 Å². The predicted molar refractivity (Wildman–Crippen MR) is 70.0 cm³/mol. The standard InChI is InChI=1S/C12H23N3O4/c1-3-11(2)10-12(16)14-6-4-13(5-7-14)8-9-19-15(17)18/h11H,3-10H2,1-2H3. The molecule has 0 aromatic rings. The summed E-state index contributed by atoms with van der Waals surface area (Å²) in [5, 5.41) is 9.25. The molecule has 0 saturated carbocycles. The van der Waals surface area contributed by atoms with E-state index in [0.717, 1.165) is 19.5 Å². The van der Waals surface area contributed by atoms with Gasteiger partial charge in [0.2, 0.25) is 5.91 Å². The molecule has 1 aliphatic heterocycles. The second-order valence-corrected chi connectivity index (χ2v) is 5.00. The minimum atomic E-state index is -0.772. The minimum absolute atomic E-state index is 0.0911. The summed E-state index contributed by atoms with van der Waals surface area (Å²) in [7, 11) is 0. The molecule has 110 valence electrons. The summed E-state index contributed by atoms with van der Waals surface area (Å²) in [6, 6.07) is 0. The Morgan fingerprint density at radius 3 is 2.53 bits per heavy atom. The molecule has 1 saturated heterocycles. The lowest BCUT2D eigenvalue weighted by Gasteiger charge is -2.35. The molecule has 1 heterocycles. The zero-order chi connectivity index (χ0) is 14.3. The van der Waals surface area contributed by atoms with Crippen LogP contribution >= 0.6 is 0 Å². The van der Waals surface area contributed by atoms with Gasteiger partial charge in [0.15, 0.2) is 0 Å². The molecule has 1 rings (SSSR count). The largest absolute Gasteiger partial charge is 0.340 e. The predicted octanol–water partition coefficient (Wildman–Crippen LogP) is 0.775. The molecular weight excluding hydrogens is 250 g/mol. The van der Waals surface area contributed by atoms with E-state index in [2.05, 4.69) is 23.6 Å². The maximum Gasteiger partial charge on any atom is 0.294 e. The normalized spacial score (nSPS) is 18.1. The maximum atomic E-state index is 12.0. The van der Waals surface area contributed by atoms with Gasteiger partial charge in [0.25, 0.3) is 5.09 Å². The van der Waals surface area contributed by atoms with E-state index in [4.69, 9.17) is 0 Å². The zero-order valence-corrected chi connectivity index (χ0v) is 11.7. The van der Waals surface area contributed by atoms with Crippen molar-refractivity contribution in [1.29, 1.82) is 0 Å². The third-order valence-corrected chi connectivity index (χ3v) is 3.55. The number of hydrogen-bond donors (Lipinski definition) is 0. The first kappa shape index (κ1) is 15.7. The highest BCUT2D eigenvalue weighted by Gasteiger charge is 2.21. The minimum Gasteiger partial charge on any atom is -0.340 e. The van der Waals surface area contributed by atoms with Crippen LogP contribution in [0.5, 0.6) is 0 Å². The van der Waals surface area contributed by atoms with E-state index in [0.29, 0.717) is 32.0 Å². The van der Waals surface area contributed by atoms with Gasteiger partial charge in [0.1, 0.15) is 6.61 Å². The highest BCUT2D eigenvalue weighted by molar-refractivity contribution is 5.76. The van der Waals surface area contributed by atoms with Crippen LogP contribution in [0.2, 0.25) is 0 Å². The summed E-state index contributed by atoms with van der Waals surface area (Å²) in [5.41, 5.74) is 0. The molecule has 1 amide bonds. The van der Waals surface area contributed by atoms with Crippen LogP contribution in [0.15, 0.2) is 0 Å². The smallest absolute Gasteiger partial charge is 0.294 e. The first-order valence-corrected chi connectivity index (χ1v) is 6.80. The second-order valence-electron chi connectivity index (χ2n) is 5.00. The lowest BCUT2D eigenvalue weighted by atomic mass is 10.0. The Kier molecular flexibility index (Phi) is 6.55. The third-order valence-electron chi connectivity index (χ3n) is 3.55. The molecule has 7 heteroatoms. The van der Waals surface area contributed by atoms with E-state index in [-0.39, 0.29) is 12.5 Å². The molecule has 7 nitrogen and oxygen atoms in total. The summed E-state index contributed by atoms with van der Waals surface area (Å²) in [6.07, 6.45) is 1.63. The Hall–Kier alpha value is -1.37. The number of amides is 1. The van der Waals surface area contributed by atoms with Crippen molar-refractivity contribution in [1.82, 2.24) is 9.80 Å². The van der Waals surface area contributed by atoms with Crippen LogP contribution in [0, 0.1) is 16.0 Å². The van der Waals surface area contributed by atoms with E-state index in [9.17, 15) is 14.9 Å². The average molecular weight is 273 g/mol. The van der Waals surface area contributed by atoms with Gasteiger partial charge >= 0.3 is 0 Å². The van der Waals surface area contributed by atoms with Gasteiger partial charge in [-0.05, 0) is 5.92 Å². The Morgan fingerprint density at radius 1 is 1.37 bits per heavy atom. The fourth-order valence-corrected chi connectivity index (χ4v) is 2.04. The molecule has 0 aromatic carbocycles. The van der Waals surface area contributed by atoms with Gasteiger partial charge in [-0.25, -0.2) is 0 Å². The molecule has 1 aliphatic rings. The van der Waals surface area contributed by atoms with E-state index in [1.807, 2.05) is 4.90 Å². The number of carbonyl (C=O) groups is 1. The lowest BCUT2D eigenvalue weighted by Crippen LogP contribution is -2.49.